The fraction of sp³-hybridized carbons (Fsp3) is 0.400. The zero-order valence-corrected chi connectivity index (χ0v) is 17.0. The van der Waals surface area contributed by atoms with E-state index in [0.29, 0.717) is 13.1 Å². The number of nitrogens with zero attached hydrogens (tertiary/aromatic N) is 2. The van der Waals surface area contributed by atoms with E-state index in [1.54, 1.807) is 0 Å². The Balaban J connectivity index is 1.83. The highest BCUT2D eigenvalue weighted by atomic mass is 32.2. The van der Waals surface area contributed by atoms with Gasteiger partial charge in [0.2, 0.25) is 15.9 Å². The van der Waals surface area contributed by atoms with Gasteiger partial charge in [0.25, 0.3) is 5.56 Å². The average Bonchev–Trinajstić information content (AvgIpc) is 3.20. The normalized spacial score (nSPS) is 14.9. The molecule has 1 aliphatic rings. The Bertz CT molecular complexity index is 1040. The second kappa shape index (κ2) is 8.28. The SMILES string of the molecule is CCc1cccc(C)c1NC(=O)Cn1cc(S(=O)(=O)N2CCCC2)ccc1=O. The number of anilines is 1. The maximum Gasteiger partial charge on any atom is 0.251 e. The molecule has 0 atom stereocenters. The third-order valence-electron chi connectivity index (χ3n) is 4.98. The van der Waals surface area contributed by atoms with Crippen LogP contribution in [0.15, 0.2) is 46.2 Å². The Labute approximate surface area is 165 Å². The molecule has 3 rings (SSSR count). The van der Waals surface area contributed by atoms with Gasteiger partial charge in [0.05, 0.1) is 4.90 Å². The molecule has 1 aliphatic heterocycles. The Hall–Kier alpha value is -2.45. The van der Waals surface area contributed by atoms with E-state index in [0.717, 1.165) is 40.6 Å². The lowest BCUT2D eigenvalue weighted by molar-refractivity contribution is -0.116. The maximum atomic E-state index is 12.7. The molecule has 1 saturated heterocycles. The van der Waals surface area contributed by atoms with Crippen LogP contribution in [-0.4, -0.2) is 36.3 Å². The summed E-state index contributed by atoms with van der Waals surface area (Å²) in [5.74, 6) is -0.373. The van der Waals surface area contributed by atoms with E-state index < -0.39 is 15.6 Å². The van der Waals surface area contributed by atoms with Gasteiger partial charge in [0.1, 0.15) is 6.54 Å². The number of hydrogen-bond donors (Lipinski definition) is 1. The molecule has 2 aromatic rings. The smallest absolute Gasteiger partial charge is 0.251 e. The third-order valence-corrected chi connectivity index (χ3v) is 6.86. The number of benzene rings is 1. The molecule has 2 heterocycles. The Morgan fingerprint density at radius 2 is 1.86 bits per heavy atom. The lowest BCUT2D eigenvalue weighted by atomic mass is 10.1. The highest BCUT2D eigenvalue weighted by Crippen LogP contribution is 2.22. The minimum Gasteiger partial charge on any atom is -0.324 e. The monoisotopic (exact) mass is 403 g/mol. The van der Waals surface area contributed by atoms with Crippen molar-refractivity contribution in [3.8, 4) is 0 Å². The number of rotatable bonds is 6. The average molecular weight is 404 g/mol. The predicted molar refractivity (Wildman–Crippen MR) is 108 cm³/mol. The summed E-state index contributed by atoms with van der Waals surface area (Å²) in [6.45, 7) is 4.62. The van der Waals surface area contributed by atoms with Crippen LogP contribution < -0.4 is 10.9 Å². The topological polar surface area (TPSA) is 88.5 Å². The van der Waals surface area contributed by atoms with Crippen LogP contribution in [0.1, 0.15) is 30.9 Å². The first-order valence-corrected chi connectivity index (χ1v) is 10.9. The molecule has 1 aromatic heterocycles. The van der Waals surface area contributed by atoms with E-state index in [2.05, 4.69) is 5.32 Å². The van der Waals surface area contributed by atoms with Gasteiger partial charge in [-0.15, -0.1) is 0 Å². The second-order valence-electron chi connectivity index (χ2n) is 6.95. The second-order valence-corrected chi connectivity index (χ2v) is 8.89. The van der Waals surface area contributed by atoms with Crippen molar-refractivity contribution in [1.29, 1.82) is 0 Å². The molecule has 150 valence electrons. The van der Waals surface area contributed by atoms with Gasteiger partial charge in [0.15, 0.2) is 0 Å². The van der Waals surface area contributed by atoms with Crippen molar-refractivity contribution < 1.29 is 13.2 Å². The molecule has 0 aliphatic carbocycles. The predicted octanol–water partition coefficient (Wildman–Crippen LogP) is 2.14. The fourth-order valence-electron chi connectivity index (χ4n) is 3.40. The van der Waals surface area contributed by atoms with E-state index in [1.807, 2.05) is 32.0 Å². The lowest BCUT2D eigenvalue weighted by Crippen LogP contribution is -2.31. The minimum absolute atomic E-state index is 0.0342. The summed E-state index contributed by atoms with van der Waals surface area (Å²) < 4.78 is 28.0. The van der Waals surface area contributed by atoms with Crippen LogP contribution in [0.25, 0.3) is 0 Å². The molecule has 1 fully saturated rings. The molecule has 28 heavy (non-hydrogen) atoms. The van der Waals surface area contributed by atoms with Crippen molar-refractivity contribution in [1.82, 2.24) is 8.87 Å². The molecule has 0 radical (unpaired) electrons. The number of aryl methyl sites for hydroxylation is 2. The quantitative estimate of drug-likeness (QED) is 0.800. The van der Waals surface area contributed by atoms with E-state index in [4.69, 9.17) is 0 Å². The van der Waals surface area contributed by atoms with Crippen LogP contribution in [0.5, 0.6) is 0 Å². The van der Waals surface area contributed by atoms with Crippen LogP contribution in [-0.2, 0) is 27.8 Å². The number of pyridine rings is 1. The molecular formula is C20H25N3O4S. The van der Waals surface area contributed by atoms with Gasteiger partial charge in [-0.1, -0.05) is 25.1 Å². The van der Waals surface area contributed by atoms with Crippen molar-refractivity contribution in [3.05, 3.63) is 58.0 Å². The highest BCUT2D eigenvalue weighted by Gasteiger charge is 2.27. The van der Waals surface area contributed by atoms with Crippen molar-refractivity contribution >= 4 is 21.6 Å². The van der Waals surface area contributed by atoms with Crippen LogP contribution in [0.4, 0.5) is 5.69 Å². The van der Waals surface area contributed by atoms with Gasteiger partial charge < -0.3 is 9.88 Å². The summed E-state index contributed by atoms with van der Waals surface area (Å²) in [7, 11) is -3.65. The van der Waals surface area contributed by atoms with Crippen LogP contribution >= 0.6 is 0 Å². The number of aromatic nitrogens is 1. The molecule has 1 aromatic carbocycles. The summed E-state index contributed by atoms with van der Waals surface area (Å²) in [4.78, 5) is 24.7. The highest BCUT2D eigenvalue weighted by molar-refractivity contribution is 7.89. The summed E-state index contributed by atoms with van der Waals surface area (Å²) in [6.07, 6.45) is 3.68. The number of para-hydroxylation sites is 1. The lowest BCUT2D eigenvalue weighted by Gasteiger charge is -2.17. The largest absolute Gasteiger partial charge is 0.324 e. The number of amides is 1. The van der Waals surface area contributed by atoms with Gasteiger partial charge in [0, 0.05) is 31.0 Å². The molecule has 1 N–H and O–H groups in total. The zero-order chi connectivity index (χ0) is 20.3. The minimum atomic E-state index is -3.65. The van der Waals surface area contributed by atoms with Crippen molar-refractivity contribution in [2.75, 3.05) is 18.4 Å². The number of nitrogens with one attached hydrogen (secondary N) is 1. The summed E-state index contributed by atoms with van der Waals surface area (Å²) in [5, 5.41) is 2.86. The van der Waals surface area contributed by atoms with Crippen LogP contribution in [0, 0.1) is 6.92 Å². The number of sulfonamides is 1. The Morgan fingerprint density at radius 1 is 1.14 bits per heavy atom. The third kappa shape index (κ3) is 4.18. The van der Waals surface area contributed by atoms with Crippen LogP contribution in [0.2, 0.25) is 0 Å². The first kappa shape index (κ1) is 20.3. The van der Waals surface area contributed by atoms with E-state index in [-0.39, 0.29) is 17.3 Å². The molecule has 0 saturated carbocycles. The van der Waals surface area contributed by atoms with Crippen LogP contribution in [0.3, 0.4) is 0 Å². The van der Waals surface area contributed by atoms with Gasteiger partial charge in [-0.25, -0.2) is 8.42 Å². The van der Waals surface area contributed by atoms with Gasteiger partial charge in [-0.2, -0.15) is 4.31 Å². The first-order valence-electron chi connectivity index (χ1n) is 9.42. The summed E-state index contributed by atoms with van der Waals surface area (Å²) >= 11 is 0. The molecule has 7 nitrogen and oxygen atoms in total. The van der Waals surface area contributed by atoms with Crippen molar-refractivity contribution in [2.45, 2.75) is 44.6 Å². The molecule has 0 bridgehead atoms. The van der Waals surface area contributed by atoms with Crippen molar-refractivity contribution in [3.63, 3.8) is 0 Å². The van der Waals surface area contributed by atoms with E-state index in [1.165, 1.54) is 22.6 Å². The Kier molecular flexibility index (Phi) is 6.00. The van der Waals surface area contributed by atoms with E-state index in [9.17, 15) is 18.0 Å². The standard InChI is InChI=1S/C20H25N3O4S/c1-3-16-8-6-7-15(2)20(16)21-18(24)14-22-13-17(9-10-19(22)25)28(26,27)23-11-4-5-12-23/h6-10,13H,3-5,11-12,14H2,1-2H3,(H,21,24). The van der Waals surface area contributed by atoms with Gasteiger partial charge in [-0.3, -0.25) is 9.59 Å². The molecule has 1 amide bonds. The van der Waals surface area contributed by atoms with Gasteiger partial charge in [-0.05, 0) is 43.4 Å². The Morgan fingerprint density at radius 3 is 2.54 bits per heavy atom. The maximum absolute atomic E-state index is 12.7. The molecular weight excluding hydrogens is 378 g/mol. The molecule has 0 spiro atoms. The number of carbonyl (C=O) groups is 1. The summed E-state index contributed by atoms with van der Waals surface area (Å²) in [6, 6.07) is 8.28. The summed E-state index contributed by atoms with van der Waals surface area (Å²) in [5.41, 5.74) is 2.26. The molecule has 8 heteroatoms. The number of carbonyl (C=O) groups excluding carboxylic acids is 1. The van der Waals surface area contributed by atoms with Gasteiger partial charge >= 0.3 is 0 Å². The van der Waals surface area contributed by atoms with Crippen molar-refractivity contribution in [2.24, 2.45) is 0 Å². The van der Waals surface area contributed by atoms with E-state index >= 15 is 0 Å². The molecule has 0 unspecified atom stereocenters. The number of hydrogen-bond acceptors (Lipinski definition) is 4. The first-order chi connectivity index (χ1) is 13.3. The fourth-order valence-corrected chi connectivity index (χ4v) is 4.94. The zero-order valence-electron chi connectivity index (χ0n) is 16.1.